The first-order valence-corrected chi connectivity index (χ1v) is 5.01. The average Bonchev–Trinajstić information content (AvgIpc) is 2.02. The van der Waals surface area contributed by atoms with Crippen LogP contribution in [0.2, 0.25) is 0 Å². The van der Waals surface area contributed by atoms with Gasteiger partial charge in [0.2, 0.25) is 0 Å². The summed E-state index contributed by atoms with van der Waals surface area (Å²) in [6.45, 7) is 6.46. The van der Waals surface area contributed by atoms with E-state index in [1.165, 1.54) is 0 Å². The second-order valence-electron chi connectivity index (χ2n) is 3.65. The molecule has 14 heavy (non-hydrogen) atoms. The summed E-state index contributed by atoms with van der Waals surface area (Å²) in [6.07, 6.45) is 0.00138. The van der Waals surface area contributed by atoms with Crippen molar-refractivity contribution in [3.8, 4) is 0 Å². The van der Waals surface area contributed by atoms with Crippen molar-refractivity contribution in [1.29, 1.82) is 0 Å². The standard InChI is InChI=1S/C10H21NO3/c1-5-14-10(13)6-8(2)11(4)7-9(3)12/h8-9,12H,5-7H2,1-4H3. The lowest BCUT2D eigenvalue weighted by molar-refractivity contribution is -0.144. The fourth-order valence-electron chi connectivity index (χ4n) is 1.21. The Balaban J connectivity index is 3.82. The van der Waals surface area contributed by atoms with Crippen molar-refractivity contribution in [3.63, 3.8) is 0 Å². The van der Waals surface area contributed by atoms with E-state index in [0.717, 1.165) is 0 Å². The van der Waals surface area contributed by atoms with E-state index >= 15 is 0 Å². The zero-order valence-corrected chi connectivity index (χ0v) is 9.49. The highest BCUT2D eigenvalue weighted by Gasteiger charge is 2.15. The van der Waals surface area contributed by atoms with Gasteiger partial charge in [-0.2, -0.15) is 0 Å². The Kier molecular flexibility index (Phi) is 6.49. The SMILES string of the molecule is CCOC(=O)CC(C)N(C)CC(C)O. The number of carbonyl (C=O) groups is 1. The third-order valence-corrected chi connectivity index (χ3v) is 2.07. The number of hydrogen-bond acceptors (Lipinski definition) is 4. The van der Waals surface area contributed by atoms with Crippen LogP contribution in [0.1, 0.15) is 27.2 Å². The molecule has 0 aromatic carbocycles. The third kappa shape index (κ3) is 5.94. The molecule has 84 valence electrons. The molecule has 0 amide bonds. The first-order valence-electron chi connectivity index (χ1n) is 5.01. The molecule has 0 aliphatic rings. The molecule has 0 bridgehead atoms. The van der Waals surface area contributed by atoms with Crippen LogP contribution in [0.5, 0.6) is 0 Å². The molecule has 0 saturated carbocycles. The van der Waals surface area contributed by atoms with E-state index in [-0.39, 0.29) is 18.1 Å². The molecule has 2 unspecified atom stereocenters. The number of aliphatic hydroxyl groups is 1. The molecular weight excluding hydrogens is 182 g/mol. The molecule has 0 spiro atoms. The summed E-state index contributed by atoms with van der Waals surface area (Å²) in [5, 5.41) is 9.15. The molecular formula is C10H21NO3. The summed E-state index contributed by atoms with van der Waals surface area (Å²) in [7, 11) is 1.89. The Morgan fingerprint density at radius 3 is 2.50 bits per heavy atom. The van der Waals surface area contributed by atoms with Gasteiger partial charge in [0, 0.05) is 12.6 Å². The first-order chi connectivity index (χ1) is 6.47. The van der Waals surface area contributed by atoms with E-state index in [1.54, 1.807) is 13.8 Å². The number of nitrogens with zero attached hydrogens (tertiary/aromatic N) is 1. The predicted octanol–water partition coefficient (Wildman–Crippen LogP) is 0.641. The Hall–Kier alpha value is -0.610. The minimum absolute atomic E-state index is 0.101. The molecule has 0 aliphatic heterocycles. The first kappa shape index (κ1) is 13.4. The second-order valence-corrected chi connectivity index (χ2v) is 3.65. The molecule has 0 rings (SSSR count). The molecule has 0 aliphatic carbocycles. The maximum Gasteiger partial charge on any atom is 0.307 e. The fourth-order valence-corrected chi connectivity index (χ4v) is 1.21. The summed E-state index contributed by atoms with van der Waals surface area (Å²) < 4.78 is 4.84. The van der Waals surface area contributed by atoms with Crippen molar-refractivity contribution in [1.82, 2.24) is 4.90 Å². The average molecular weight is 203 g/mol. The molecule has 4 nitrogen and oxygen atoms in total. The van der Waals surface area contributed by atoms with Gasteiger partial charge in [0.15, 0.2) is 0 Å². The predicted molar refractivity (Wildman–Crippen MR) is 55.0 cm³/mol. The highest BCUT2D eigenvalue weighted by Crippen LogP contribution is 2.03. The van der Waals surface area contributed by atoms with E-state index in [2.05, 4.69) is 0 Å². The highest BCUT2D eigenvalue weighted by molar-refractivity contribution is 5.69. The molecule has 0 heterocycles. The van der Waals surface area contributed by atoms with Crippen molar-refractivity contribution in [2.45, 2.75) is 39.3 Å². The summed E-state index contributed by atoms with van der Waals surface area (Å²) in [5.74, 6) is -0.183. The topological polar surface area (TPSA) is 49.8 Å². The van der Waals surface area contributed by atoms with Crippen LogP contribution in [0.25, 0.3) is 0 Å². The lowest BCUT2D eigenvalue weighted by atomic mass is 10.2. The minimum atomic E-state index is -0.371. The van der Waals surface area contributed by atoms with Crippen LogP contribution in [0.3, 0.4) is 0 Å². The maximum absolute atomic E-state index is 11.1. The summed E-state index contributed by atoms with van der Waals surface area (Å²) in [5.41, 5.74) is 0. The normalized spacial score (nSPS) is 15.3. The second kappa shape index (κ2) is 6.79. The largest absolute Gasteiger partial charge is 0.466 e. The van der Waals surface area contributed by atoms with E-state index in [0.29, 0.717) is 19.6 Å². The minimum Gasteiger partial charge on any atom is -0.466 e. The number of likely N-dealkylation sites (N-methyl/N-ethyl adjacent to an activating group) is 1. The molecule has 1 N–H and O–H groups in total. The summed E-state index contributed by atoms with van der Waals surface area (Å²) >= 11 is 0. The molecule has 4 heteroatoms. The van der Waals surface area contributed by atoms with E-state index in [1.807, 2.05) is 18.9 Å². The van der Waals surface area contributed by atoms with Crippen molar-refractivity contribution >= 4 is 5.97 Å². The molecule has 0 aromatic rings. The zero-order valence-electron chi connectivity index (χ0n) is 9.49. The molecule has 0 aromatic heterocycles. The summed E-state index contributed by atoms with van der Waals surface area (Å²) in [4.78, 5) is 13.1. The van der Waals surface area contributed by atoms with Crippen LogP contribution in [-0.4, -0.2) is 48.3 Å². The third-order valence-electron chi connectivity index (χ3n) is 2.07. The highest BCUT2D eigenvalue weighted by atomic mass is 16.5. The molecule has 0 saturated heterocycles. The number of ether oxygens (including phenoxy) is 1. The van der Waals surface area contributed by atoms with Gasteiger partial charge in [-0.3, -0.25) is 4.79 Å². The number of hydrogen-bond donors (Lipinski definition) is 1. The zero-order chi connectivity index (χ0) is 11.1. The van der Waals surface area contributed by atoms with E-state index in [9.17, 15) is 4.79 Å². The lowest BCUT2D eigenvalue weighted by Gasteiger charge is -2.24. The van der Waals surface area contributed by atoms with E-state index < -0.39 is 0 Å². The van der Waals surface area contributed by atoms with Gasteiger partial charge in [0.05, 0.1) is 19.1 Å². The van der Waals surface area contributed by atoms with E-state index in [4.69, 9.17) is 9.84 Å². The van der Waals surface area contributed by atoms with Crippen molar-refractivity contribution in [3.05, 3.63) is 0 Å². The number of esters is 1. The smallest absolute Gasteiger partial charge is 0.307 e. The van der Waals surface area contributed by atoms with Gasteiger partial charge in [-0.1, -0.05) is 0 Å². The van der Waals surface area contributed by atoms with Gasteiger partial charge in [-0.25, -0.2) is 0 Å². The molecule has 0 radical (unpaired) electrons. The molecule has 2 atom stereocenters. The van der Waals surface area contributed by atoms with Crippen LogP contribution >= 0.6 is 0 Å². The van der Waals surface area contributed by atoms with Crippen molar-refractivity contribution in [2.24, 2.45) is 0 Å². The maximum atomic E-state index is 11.1. The van der Waals surface area contributed by atoms with Crippen molar-refractivity contribution in [2.75, 3.05) is 20.2 Å². The quantitative estimate of drug-likeness (QED) is 0.644. The number of rotatable bonds is 6. The van der Waals surface area contributed by atoms with Crippen molar-refractivity contribution < 1.29 is 14.6 Å². The fraction of sp³-hybridized carbons (Fsp3) is 0.900. The van der Waals surface area contributed by atoms with Gasteiger partial charge in [0.1, 0.15) is 0 Å². The monoisotopic (exact) mass is 203 g/mol. The lowest BCUT2D eigenvalue weighted by Crippen LogP contribution is -2.36. The van der Waals surface area contributed by atoms with Gasteiger partial charge in [-0.15, -0.1) is 0 Å². The Morgan fingerprint density at radius 1 is 1.50 bits per heavy atom. The van der Waals surface area contributed by atoms with Crippen LogP contribution in [0.15, 0.2) is 0 Å². The Bertz CT molecular complexity index is 171. The Morgan fingerprint density at radius 2 is 2.07 bits per heavy atom. The van der Waals surface area contributed by atoms with Gasteiger partial charge < -0.3 is 14.7 Å². The summed E-state index contributed by atoms with van der Waals surface area (Å²) in [6, 6.07) is 0.101. The molecule has 0 fully saturated rings. The number of carbonyl (C=O) groups excluding carboxylic acids is 1. The number of aliphatic hydroxyl groups excluding tert-OH is 1. The van der Waals surface area contributed by atoms with Crippen LogP contribution in [0.4, 0.5) is 0 Å². The Labute approximate surface area is 85.9 Å². The van der Waals surface area contributed by atoms with Crippen LogP contribution < -0.4 is 0 Å². The van der Waals surface area contributed by atoms with Crippen LogP contribution in [0, 0.1) is 0 Å². The van der Waals surface area contributed by atoms with Gasteiger partial charge in [-0.05, 0) is 27.8 Å². The van der Waals surface area contributed by atoms with Crippen LogP contribution in [-0.2, 0) is 9.53 Å². The van der Waals surface area contributed by atoms with Gasteiger partial charge >= 0.3 is 5.97 Å². The van der Waals surface area contributed by atoms with Gasteiger partial charge in [0.25, 0.3) is 0 Å².